The van der Waals surface area contributed by atoms with Crippen LogP contribution in [0.25, 0.3) is 0 Å². The first-order valence-electron chi connectivity index (χ1n) is 6.35. The number of aryl methyl sites for hydroxylation is 1. The van der Waals surface area contributed by atoms with Crippen molar-refractivity contribution in [2.45, 2.75) is 20.4 Å². The number of hydrogen-bond donors (Lipinski definition) is 1. The number of thiophene rings is 1. The second-order valence-corrected chi connectivity index (χ2v) is 6.51. The molecule has 1 N–H and O–H groups in total. The van der Waals surface area contributed by atoms with Gasteiger partial charge >= 0.3 is 0 Å². The summed E-state index contributed by atoms with van der Waals surface area (Å²) in [5, 5.41) is 5.80. The highest BCUT2D eigenvalue weighted by Gasteiger charge is 2.08. The molecule has 0 bridgehead atoms. The predicted octanol–water partition coefficient (Wildman–Crippen LogP) is 4.37. The zero-order chi connectivity index (χ0) is 15.4. The minimum Gasteiger partial charge on any atom is -0.482 e. The molecule has 1 aromatic carbocycles. The Morgan fingerprint density at radius 1 is 1.33 bits per heavy atom. The van der Waals surface area contributed by atoms with Crippen molar-refractivity contribution in [1.82, 2.24) is 5.32 Å². The van der Waals surface area contributed by atoms with Gasteiger partial charge in [0.05, 0.1) is 5.02 Å². The van der Waals surface area contributed by atoms with Crippen LogP contribution in [0, 0.1) is 13.8 Å². The summed E-state index contributed by atoms with van der Waals surface area (Å²) in [6.45, 7) is 4.55. The maximum absolute atomic E-state index is 11.8. The first kappa shape index (κ1) is 16.1. The summed E-state index contributed by atoms with van der Waals surface area (Å²) in [6, 6.07) is 4.89. The molecule has 0 spiro atoms. The molecule has 0 fully saturated rings. The number of rotatable bonds is 5. The Hall–Kier alpha value is -1.23. The summed E-state index contributed by atoms with van der Waals surface area (Å²) in [7, 11) is 0. The maximum Gasteiger partial charge on any atom is 0.258 e. The molecule has 1 amide bonds. The Kier molecular flexibility index (Phi) is 5.51. The molecule has 6 heteroatoms. The van der Waals surface area contributed by atoms with E-state index in [1.54, 1.807) is 29.5 Å². The average Bonchev–Trinajstić information content (AvgIpc) is 2.75. The third-order valence-corrected chi connectivity index (χ3v) is 4.71. The molecule has 3 nitrogen and oxygen atoms in total. The van der Waals surface area contributed by atoms with Gasteiger partial charge in [0.1, 0.15) is 5.75 Å². The summed E-state index contributed by atoms with van der Waals surface area (Å²) in [6.07, 6.45) is 0. The van der Waals surface area contributed by atoms with E-state index in [1.165, 1.54) is 10.4 Å². The lowest BCUT2D eigenvalue weighted by Crippen LogP contribution is -2.28. The smallest absolute Gasteiger partial charge is 0.258 e. The van der Waals surface area contributed by atoms with Gasteiger partial charge in [-0.3, -0.25) is 4.79 Å². The van der Waals surface area contributed by atoms with Crippen LogP contribution in [0.1, 0.15) is 16.0 Å². The molecular formula is C15H15Cl2NO2S. The quantitative estimate of drug-likeness (QED) is 0.875. The predicted molar refractivity (Wildman–Crippen MR) is 87.6 cm³/mol. The summed E-state index contributed by atoms with van der Waals surface area (Å²) in [5.74, 6) is 0.253. The van der Waals surface area contributed by atoms with Crippen molar-refractivity contribution in [1.29, 1.82) is 0 Å². The average molecular weight is 344 g/mol. The van der Waals surface area contributed by atoms with Gasteiger partial charge in [0.25, 0.3) is 5.91 Å². The van der Waals surface area contributed by atoms with Crippen LogP contribution in [-0.2, 0) is 11.3 Å². The minimum atomic E-state index is -0.190. The van der Waals surface area contributed by atoms with Crippen LogP contribution in [0.3, 0.4) is 0 Å². The topological polar surface area (TPSA) is 38.3 Å². The zero-order valence-corrected chi connectivity index (χ0v) is 14.0. The monoisotopic (exact) mass is 343 g/mol. The fourth-order valence-corrected chi connectivity index (χ4v) is 3.07. The highest BCUT2D eigenvalue weighted by molar-refractivity contribution is 7.10. The lowest BCUT2D eigenvalue weighted by atomic mass is 10.2. The normalized spacial score (nSPS) is 10.5. The lowest BCUT2D eigenvalue weighted by Gasteiger charge is -2.09. The van der Waals surface area contributed by atoms with Crippen molar-refractivity contribution in [3.05, 3.63) is 49.6 Å². The molecule has 0 atom stereocenters. The van der Waals surface area contributed by atoms with Crippen LogP contribution in [0.2, 0.25) is 10.0 Å². The molecule has 0 saturated heterocycles. The second kappa shape index (κ2) is 7.16. The number of carbonyl (C=O) groups excluding carboxylic acids is 1. The molecule has 1 heterocycles. The van der Waals surface area contributed by atoms with E-state index < -0.39 is 0 Å². The largest absolute Gasteiger partial charge is 0.482 e. The summed E-state index contributed by atoms with van der Waals surface area (Å²) in [5.41, 5.74) is 2.36. The van der Waals surface area contributed by atoms with Crippen molar-refractivity contribution < 1.29 is 9.53 Å². The van der Waals surface area contributed by atoms with Gasteiger partial charge < -0.3 is 10.1 Å². The maximum atomic E-state index is 11.8. The molecule has 0 aliphatic heterocycles. The molecule has 112 valence electrons. The third kappa shape index (κ3) is 4.37. The van der Waals surface area contributed by atoms with Crippen molar-refractivity contribution >= 4 is 40.4 Å². The summed E-state index contributed by atoms with van der Waals surface area (Å²) >= 11 is 13.4. The fourth-order valence-electron chi connectivity index (χ4n) is 1.72. The molecule has 1 aromatic heterocycles. The standard InChI is InChI=1S/C15H15Cl2NO2S/c1-9-10(2)21-8-11(9)6-18-15(19)7-20-14-4-3-12(16)5-13(14)17/h3-5,8H,6-7H2,1-2H3,(H,18,19). The van der Waals surface area contributed by atoms with E-state index in [-0.39, 0.29) is 12.5 Å². The van der Waals surface area contributed by atoms with E-state index in [1.807, 2.05) is 0 Å². The molecule has 2 rings (SSSR count). The van der Waals surface area contributed by atoms with Gasteiger partial charge in [0.15, 0.2) is 6.61 Å². The molecule has 21 heavy (non-hydrogen) atoms. The molecular weight excluding hydrogens is 329 g/mol. The fraction of sp³-hybridized carbons (Fsp3) is 0.267. The van der Waals surface area contributed by atoms with E-state index >= 15 is 0 Å². The van der Waals surface area contributed by atoms with E-state index in [0.29, 0.717) is 22.3 Å². The molecule has 0 unspecified atom stereocenters. The first-order valence-corrected chi connectivity index (χ1v) is 7.99. The number of ether oxygens (including phenoxy) is 1. The highest BCUT2D eigenvalue weighted by atomic mass is 35.5. The van der Waals surface area contributed by atoms with Gasteiger partial charge in [-0.15, -0.1) is 11.3 Å². The Bertz CT molecular complexity index is 655. The van der Waals surface area contributed by atoms with Crippen LogP contribution < -0.4 is 10.1 Å². The van der Waals surface area contributed by atoms with Gasteiger partial charge in [0.2, 0.25) is 0 Å². The number of halogens is 2. The molecule has 0 aliphatic rings. The lowest BCUT2D eigenvalue weighted by molar-refractivity contribution is -0.123. The van der Waals surface area contributed by atoms with Crippen molar-refractivity contribution in [3.8, 4) is 5.75 Å². The number of nitrogens with one attached hydrogen (secondary N) is 1. The van der Waals surface area contributed by atoms with Gasteiger partial charge in [-0.1, -0.05) is 23.2 Å². The Morgan fingerprint density at radius 2 is 2.10 bits per heavy atom. The zero-order valence-electron chi connectivity index (χ0n) is 11.7. The Labute approximate surface area is 137 Å². The number of benzene rings is 1. The summed E-state index contributed by atoms with van der Waals surface area (Å²) in [4.78, 5) is 13.1. The number of carbonyl (C=O) groups is 1. The van der Waals surface area contributed by atoms with E-state index in [4.69, 9.17) is 27.9 Å². The van der Waals surface area contributed by atoms with Crippen LogP contribution in [0.4, 0.5) is 0 Å². The van der Waals surface area contributed by atoms with E-state index in [9.17, 15) is 4.79 Å². The molecule has 0 radical (unpaired) electrons. The van der Waals surface area contributed by atoms with Crippen molar-refractivity contribution in [2.24, 2.45) is 0 Å². The Balaban J connectivity index is 1.83. The third-order valence-electron chi connectivity index (χ3n) is 3.12. The van der Waals surface area contributed by atoms with Gasteiger partial charge in [-0.05, 0) is 48.6 Å². The number of hydrogen-bond acceptors (Lipinski definition) is 3. The number of amides is 1. The SMILES string of the molecule is Cc1scc(CNC(=O)COc2ccc(Cl)cc2Cl)c1C. The summed E-state index contributed by atoms with van der Waals surface area (Å²) < 4.78 is 5.38. The van der Waals surface area contributed by atoms with Gasteiger partial charge in [-0.2, -0.15) is 0 Å². The molecule has 0 aliphatic carbocycles. The molecule has 2 aromatic rings. The van der Waals surface area contributed by atoms with Crippen LogP contribution >= 0.6 is 34.5 Å². The highest BCUT2D eigenvalue weighted by Crippen LogP contribution is 2.27. The van der Waals surface area contributed by atoms with Crippen LogP contribution in [0.5, 0.6) is 5.75 Å². The van der Waals surface area contributed by atoms with Crippen LogP contribution in [0.15, 0.2) is 23.6 Å². The Morgan fingerprint density at radius 3 is 2.71 bits per heavy atom. The first-order chi connectivity index (χ1) is 9.97. The van der Waals surface area contributed by atoms with E-state index in [2.05, 4.69) is 24.5 Å². The minimum absolute atomic E-state index is 0.0798. The van der Waals surface area contributed by atoms with Crippen LogP contribution in [-0.4, -0.2) is 12.5 Å². The van der Waals surface area contributed by atoms with Crippen molar-refractivity contribution in [2.75, 3.05) is 6.61 Å². The van der Waals surface area contributed by atoms with E-state index in [0.717, 1.165) is 5.56 Å². The van der Waals surface area contributed by atoms with Gasteiger partial charge in [0, 0.05) is 16.4 Å². The van der Waals surface area contributed by atoms with Gasteiger partial charge in [-0.25, -0.2) is 0 Å². The second-order valence-electron chi connectivity index (χ2n) is 4.58. The molecule has 0 saturated carbocycles. The van der Waals surface area contributed by atoms with Crippen molar-refractivity contribution in [3.63, 3.8) is 0 Å².